The van der Waals surface area contributed by atoms with E-state index in [9.17, 15) is 14.4 Å². The number of amides is 2. The Labute approximate surface area is 160 Å². The summed E-state index contributed by atoms with van der Waals surface area (Å²) in [6, 6.07) is 7.19. The molecule has 26 heavy (non-hydrogen) atoms. The number of benzene rings is 1. The van der Waals surface area contributed by atoms with Gasteiger partial charge in [-0.15, -0.1) is 23.1 Å². The zero-order valence-corrected chi connectivity index (χ0v) is 16.4. The first kappa shape index (κ1) is 20.0. The second kappa shape index (κ2) is 8.86. The van der Waals surface area contributed by atoms with Crippen LogP contribution >= 0.6 is 23.1 Å². The number of rotatable bonds is 7. The Hall–Kier alpha value is -2.32. The molecule has 1 aromatic heterocycles. The van der Waals surface area contributed by atoms with E-state index in [1.54, 1.807) is 43.8 Å². The van der Waals surface area contributed by atoms with Crippen molar-refractivity contribution in [1.29, 1.82) is 0 Å². The van der Waals surface area contributed by atoms with Gasteiger partial charge in [0.05, 0.1) is 12.2 Å². The number of nitrogens with two attached hydrogens (primary N) is 1. The van der Waals surface area contributed by atoms with E-state index in [4.69, 9.17) is 10.5 Å². The molecule has 1 aromatic carbocycles. The zero-order valence-electron chi connectivity index (χ0n) is 14.8. The molecule has 0 atom stereocenters. The van der Waals surface area contributed by atoms with Gasteiger partial charge in [0, 0.05) is 10.5 Å². The Balaban J connectivity index is 2.34. The molecule has 138 valence electrons. The van der Waals surface area contributed by atoms with Crippen molar-refractivity contribution in [3.05, 3.63) is 45.8 Å². The van der Waals surface area contributed by atoms with Crippen molar-refractivity contribution in [2.75, 3.05) is 17.7 Å². The number of ether oxygens (including phenoxy) is 1. The first-order valence-corrected chi connectivity index (χ1v) is 9.83. The maximum absolute atomic E-state index is 12.6. The number of esters is 1. The fourth-order valence-corrected chi connectivity index (χ4v) is 4.18. The van der Waals surface area contributed by atoms with Gasteiger partial charge in [0.25, 0.3) is 11.8 Å². The topological polar surface area (TPSA) is 98.5 Å². The molecule has 2 aromatic rings. The lowest BCUT2D eigenvalue weighted by atomic mass is 10.1. The second-order valence-corrected chi connectivity index (χ2v) is 7.62. The summed E-state index contributed by atoms with van der Waals surface area (Å²) in [5, 5.41) is 2.94. The number of hydrogen-bond acceptors (Lipinski definition) is 6. The summed E-state index contributed by atoms with van der Waals surface area (Å²) in [7, 11) is 0. The molecule has 0 saturated carbocycles. The monoisotopic (exact) mass is 392 g/mol. The van der Waals surface area contributed by atoms with E-state index in [1.807, 2.05) is 13.0 Å². The first-order chi connectivity index (χ1) is 12.4. The van der Waals surface area contributed by atoms with Crippen molar-refractivity contribution in [3.8, 4) is 0 Å². The highest BCUT2D eigenvalue weighted by atomic mass is 32.2. The SMILES string of the molecule is CCOC(=O)c1sc(NC(=O)c2cccc(SCC)c2)c(C(N)=O)c1C. The van der Waals surface area contributed by atoms with Crippen LogP contribution in [0.25, 0.3) is 0 Å². The Morgan fingerprint density at radius 2 is 2.00 bits per heavy atom. The number of anilines is 1. The summed E-state index contributed by atoms with van der Waals surface area (Å²) >= 11 is 2.61. The van der Waals surface area contributed by atoms with Gasteiger partial charge in [-0.05, 0) is 43.4 Å². The molecule has 2 amide bonds. The van der Waals surface area contributed by atoms with Crippen LogP contribution in [0.3, 0.4) is 0 Å². The third-order valence-electron chi connectivity index (χ3n) is 3.49. The Morgan fingerprint density at radius 1 is 1.27 bits per heavy atom. The lowest BCUT2D eigenvalue weighted by Gasteiger charge is -2.06. The van der Waals surface area contributed by atoms with Gasteiger partial charge in [0.15, 0.2) is 0 Å². The number of nitrogens with one attached hydrogen (secondary N) is 1. The molecule has 0 saturated heterocycles. The summed E-state index contributed by atoms with van der Waals surface area (Å²) < 4.78 is 4.99. The highest BCUT2D eigenvalue weighted by Crippen LogP contribution is 2.34. The Morgan fingerprint density at radius 3 is 2.62 bits per heavy atom. The highest BCUT2D eigenvalue weighted by molar-refractivity contribution is 7.99. The molecule has 0 aliphatic carbocycles. The van der Waals surface area contributed by atoms with Gasteiger partial charge in [-0.2, -0.15) is 0 Å². The maximum atomic E-state index is 12.6. The van der Waals surface area contributed by atoms with Crippen LogP contribution in [-0.4, -0.2) is 30.1 Å². The average molecular weight is 393 g/mol. The Bertz CT molecular complexity index is 846. The van der Waals surface area contributed by atoms with Gasteiger partial charge in [-0.25, -0.2) is 4.79 Å². The van der Waals surface area contributed by atoms with E-state index in [-0.39, 0.29) is 28.0 Å². The largest absolute Gasteiger partial charge is 0.462 e. The molecule has 0 spiro atoms. The van der Waals surface area contributed by atoms with Crippen LogP contribution in [0, 0.1) is 6.92 Å². The van der Waals surface area contributed by atoms with Crippen molar-refractivity contribution >= 4 is 45.9 Å². The molecule has 0 unspecified atom stereocenters. The third kappa shape index (κ3) is 4.44. The molecule has 1 heterocycles. The maximum Gasteiger partial charge on any atom is 0.348 e. The molecule has 0 radical (unpaired) electrons. The molecule has 3 N–H and O–H groups in total. The molecule has 8 heteroatoms. The summed E-state index contributed by atoms with van der Waals surface area (Å²) in [5.74, 6) is -0.730. The number of thioether (sulfide) groups is 1. The predicted molar refractivity (Wildman–Crippen MR) is 104 cm³/mol. The molecular formula is C18H20N2O4S2. The van der Waals surface area contributed by atoms with E-state index < -0.39 is 11.9 Å². The van der Waals surface area contributed by atoms with Gasteiger partial charge < -0.3 is 15.8 Å². The predicted octanol–water partition coefficient (Wildman–Crippen LogP) is 3.70. The van der Waals surface area contributed by atoms with E-state index in [0.717, 1.165) is 22.0 Å². The van der Waals surface area contributed by atoms with Crippen LogP contribution in [0.4, 0.5) is 5.00 Å². The standard InChI is InChI=1S/C18H20N2O4S2/c1-4-24-18(23)14-10(3)13(15(19)21)17(26-14)20-16(22)11-7-6-8-12(9-11)25-5-2/h6-9H,4-5H2,1-3H3,(H2,19,21)(H,20,22). The normalized spacial score (nSPS) is 10.4. The lowest BCUT2D eigenvalue weighted by molar-refractivity contribution is 0.0531. The van der Waals surface area contributed by atoms with Gasteiger partial charge in [0.1, 0.15) is 9.88 Å². The van der Waals surface area contributed by atoms with Gasteiger partial charge in [0.2, 0.25) is 0 Å². The van der Waals surface area contributed by atoms with Crippen molar-refractivity contribution in [3.63, 3.8) is 0 Å². The van der Waals surface area contributed by atoms with Crippen LogP contribution in [0.5, 0.6) is 0 Å². The molecule has 2 rings (SSSR count). The summed E-state index contributed by atoms with van der Waals surface area (Å²) in [4.78, 5) is 37.7. The lowest BCUT2D eigenvalue weighted by Crippen LogP contribution is -2.17. The van der Waals surface area contributed by atoms with Crippen molar-refractivity contribution in [1.82, 2.24) is 0 Å². The van der Waals surface area contributed by atoms with Gasteiger partial charge in [-0.3, -0.25) is 9.59 Å². The number of hydrogen-bond donors (Lipinski definition) is 2. The average Bonchev–Trinajstić information content (AvgIpc) is 2.92. The minimum atomic E-state index is -0.708. The molecule has 0 aliphatic rings. The third-order valence-corrected chi connectivity index (χ3v) is 5.55. The number of thiophene rings is 1. The Kier molecular flexibility index (Phi) is 6.82. The van der Waals surface area contributed by atoms with Crippen molar-refractivity contribution < 1.29 is 19.1 Å². The van der Waals surface area contributed by atoms with Gasteiger partial charge >= 0.3 is 5.97 Å². The van der Waals surface area contributed by atoms with Crippen LogP contribution < -0.4 is 11.1 Å². The summed E-state index contributed by atoms with van der Waals surface area (Å²) in [6.45, 7) is 5.55. The number of carbonyl (C=O) groups excluding carboxylic acids is 3. The first-order valence-electron chi connectivity index (χ1n) is 8.03. The molecule has 0 fully saturated rings. The minimum Gasteiger partial charge on any atom is -0.462 e. The molecule has 0 bridgehead atoms. The van der Waals surface area contributed by atoms with E-state index in [1.165, 1.54) is 0 Å². The number of carbonyl (C=O) groups is 3. The quantitative estimate of drug-likeness (QED) is 0.553. The second-order valence-electron chi connectivity index (χ2n) is 5.26. The fourth-order valence-electron chi connectivity index (χ4n) is 2.36. The van der Waals surface area contributed by atoms with Crippen LogP contribution in [-0.2, 0) is 4.74 Å². The molecule has 0 aliphatic heterocycles. The van der Waals surface area contributed by atoms with Crippen LogP contribution in [0.2, 0.25) is 0 Å². The van der Waals surface area contributed by atoms with E-state index in [2.05, 4.69) is 5.32 Å². The van der Waals surface area contributed by atoms with Crippen molar-refractivity contribution in [2.24, 2.45) is 5.73 Å². The summed E-state index contributed by atoms with van der Waals surface area (Å²) in [6.07, 6.45) is 0. The fraction of sp³-hybridized carbons (Fsp3) is 0.278. The van der Waals surface area contributed by atoms with E-state index >= 15 is 0 Å². The smallest absolute Gasteiger partial charge is 0.348 e. The minimum absolute atomic E-state index is 0.130. The summed E-state index contributed by atoms with van der Waals surface area (Å²) in [5.41, 5.74) is 6.44. The molecule has 6 nitrogen and oxygen atoms in total. The zero-order chi connectivity index (χ0) is 19.3. The molecular weight excluding hydrogens is 372 g/mol. The van der Waals surface area contributed by atoms with Crippen LogP contribution in [0.15, 0.2) is 29.2 Å². The number of primary amides is 1. The van der Waals surface area contributed by atoms with E-state index in [0.29, 0.717) is 11.1 Å². The highest BCUT2D eigenvalue weighted by Gasteiger charge is 2.25. The van der Waals surface area contributed by atoms with Gasteiger partial charge in [-0.1, -0.05) is 13.0 Å². The van der Waals surface area contributed by atoms with Crippen molar-refractivity contribution in [2.45, 2.75) is 25.7 Å². The van der Waals surface area contributed by atoms with Crippen LogP contribution in [0.1, 0.15) is 49.8 Å².